The van der Waals surface area contributed by atoms with E-state index in [-0.39, 0.29) is 65.9 Å². The van der Waals surface area contributed by atoms with Crippen molar-refractivity contribution < 1.29 is 48.1 Å². The third-order valence-electron chi connectivity index (χ3n) is 12.4. The fourth-order valence-electron chi connectivity index (χ4n) is 8.29. The molecule has 1 aliphatic heterocycles. The Bertz CT molecular complexity index is 1930. The van der Waals surface area contributed by atoms with E-state index < -0.39 is 59.7 Å². The average Bonchev–Trinajstić information content (AvgIpc) is 3.77. The van der Waals surface area contributed by atoms with Crippen LogP contribution in [-0.4, -0.2) is 118 Å². The molecule has 17 heteroatoms. The first-order valence-corrected chi connectivity index (χ1v) is 25.6. The number of hydrogen-bond acceptors (Lipinski definition) is 12. The Morgan fingerprint density at radius 1 is 0.897 bits per heavy atom. The molecule has 0 aliphatic carbocycles. The third kappa shape index (κ3) is 18.0. The van der Waals surface area contributed by atoms with E-state index in [9.17, 15) is 33.9 Å². The van der Waals surface area contributed by atoms with Crippen molar-refractivity contribution in [2.75, 3.05) is 26.7 Å². The molecule has 8 atom stereocenters. The number of likely N-dealkylation sites (tertiary alicyclic amines) is 1. The quantitative estimate of drug-likeness (QED) is 0.0520. The number of carboxylic acids is 1. The Labute approximate surface area is 409 Å². The van der Waals surface area contributed by atoms with Gasteiger partial charge in [-0.05, 0) is 108 Å². The number of benzene rings is 1. The summed E-state index contributed by atoms with van der Waals surface area (Å²) in [6.07, 6.45) is 4.53. The van der Waals surface area contributed by atoms with Gasteiger partial charge in [-0.15, -0.1) is 11.3 Å². The zero-order valence-electron chi connectivity index (χ0n) is 43.0. The van der Waals surface area contributed by atoms with E-state index in [1.807, 2.05) is 39.6 Å². The Kier molecular flexibility index (Phi) is 23.4. The molecule has 4 amide bonds. The van der Waals surface area contributed by atoms with Gasteiger partial charge in [0.1, 0.15) is 40.2 Å². The van der Waals surface area contributed by atoms with E-state index in [0.29, 0.717) is 31.0 Å². The molecular formula is C51H82N6O10S. The molecule has 0 bridgehead atoms. The number of nitrogens with one attached hydrogen (secondary N) is 3. The van der Waals surface area contributed by atoms with Gasteiger partial charge in [0.25, 0.3) is 5.91 Å². The molecule has 1 unspecified atom stereocenters. The van der Waals surface area contributed by atoms with Crippen LogP contribution >= 0.6 is 11.3 Å². The van der Waals surface area contributed by atoms with Crippen LogP contribution in [0, 0.1) is 23.7 Å². The van der Waals surface area contributed by atoms with Gasteiger partial charge >= 0.3 is 18.0 Å². The molecule has 68 heavy (non-hydrogen) atoms. The van der Waals surface area contributed by atoms with Crippen molar-refractivity contribution in [3.8, 4) is 5.75 Å². The number of carboxylic acid groups (broad SMARTS) is 1. The van der Waals surface area contributed by atoms with Crippen LogP contribution in [0.4, 0.5) is 4.79 Å². The molecule has 3 rings (SSSR count). The molecule has 2 aromatic rings. The van der Waals surface area contributed by atoms with E-state index in [1.54, 1.807) is 71.2 Å². The Balaban J connectivity index is 1.83. The van der Waals surface area contributed by atoms with Gasteiger partial charge in [-0.25, -0.2) is 14.6 Å². The van der Waals surface area contributed by atoms with E-state index >= 15 is 0 Å². The average molecular weight is 971 g/mol. The summed E-state index contributed by atoms with van der Waals surface area (Å²) in [6.45, 7) is 24.4. The highest BCUT2D eigenvalue weighted by molar-refractivity contribution is 7.09. The first kappa shape index (κ1) is 57.7. The van der Waals surface area contributed by atoms with Gasteiger partial charge in [0.05, 0.1) is 12.0 Å². The van der Waals surface area contributed by atoms with E-state index in [4.69, 9.17) is 19.2 Å². The third-order valence-corrected chi connectivity index (χ3v) is 13.3. The highest BCUT2D eigenvalue weighted by atomic mass is 32.1. The van der Waals surface area contributed by atoms with Crippen molar-refractivity contribution in [2.24, 2.45) is 23.7 Å². The second kappa shape index (κ2) is 27.5. The zero-order valence-corrected chi connectivity index (χ0v) is 43.8. The molecule has 382 valence electrons. The molecule has 4 N–H and O–H groups in total. The maximum absolute atomic E-state index is 14.7. The van der Waals surface area contributed by atoms with Crippen molar-refractivity contribution >= 4 is 47.1 Å². The molecule has 16 nitrogen and oxygen atoms in total. The number of alkyl carbamates (subject to hydrolysis) is 1. The zero-order chi connectivity index (χ0) is 50.9. The predicted octanol–water partition coefficient (Wildman–Crippen LogP) is 8.19. The van der Waals surface area contributed by atoms with E-state index in [1.165, 1.54) is 11.3 Å². The summed E-state index contributed by atoms with van der Waals surface area (Å²) in [4.78, 5) is 88.8. The molecule has 1 aromatic heterocycles. The first-order valence-electron chi connectivity index (χ1n) is 24.7. The predicted molar refractivity (Wildman–Crippen MR) is 264 cm³/mol. The smallest absolute Gasteiger partial charge is 0.408 e. The van der Waals surface area contributed by atoms with E-state index in [0.717, 1.165) is 44.2 Å². The van der Waals surface area contributed by atoms with Crippen molar-refractivity contribution in [3.05, 3.63) is 45.9 Å². The molecule has 2 heterocycles. The first-order chi connectivity index (χ1) is 32.0. The van der Waals surface area contributed by atoms with Gasteiger partial charge in [-0.1, -0.05) is 87.3 Å². The highest BCUT2D eigenvalue weighted by Crippen LogP contribution is 2.32. The lowest BCUT2D eigenvalue weighted by molar-refractivity contribution is -0.143. The fourth-order valence-corrected chi connectivity index (χ4v) is 9.15. The topological polar surface area (TPSA) is 206 Å². The standard InChI is InChI=1S/C51H82N6O10S/c1-14-24-57(47(60)43(33(8)16-3)54-45(59)39-19-17-18-25-56(39)13)40(31(4)5)29-41(65-26-15-2)46-53-38(30-68-46)44(58)52-36(27-34(9)48(61)62)28-35-20-22-37(23-21-35)66-49(63)42(32(6)7)55-50(64)67-51(10,11)12/h20-23,30-34,36,39-43H,14-19,24-29H2,1-13H3,(H,52,58)(H,54,59)(H,55,64)(H,61,62)/t33-,34-,36?,39+,40+,41+,42+,43-/m0/s1. The number of ether oxygens (including phenoxy) is 3. The van der Waals surface area contributed by atoms with Gasteiger partial charge in [0.15, 0.2) is 0 Å². The molecule has 1 aromatic carbocycles. The van der Waals surface area contributed by atoms with Crippen molar-refractivity contribution in [1.29, 1.82) is 0 Å². The number of carbonyl (C=O) groups is 6. The Morgan fingerprint density at radius 3 is 2.13 bits per heavy atom. The lowest BCUT2D eigenvalue weighted by atomic mass is 9.92. The number of nitrogens with zero attached hydrogens (tertiary/aromatic N) is 3. The SMILES string of the molecule is CCCO[C@H](C[C@H](C(C)C)N(CCC)C(=O)[C@@H](NC(=O)[C@H]1CCCCN1C)[C@@H](C)CC)c1nc(C(=O)NC(Cc2ccc(OC(=O)[C@H](NC(=O)OC(C)(C)C)C(C)C)cc2)C[C@H](C)C(=O)O)cs1. The minimum absolute atomic E-state index is 0.0231. The summed E-state index contributed by atoms with van der Waals surface area (Å²) in [5.74, 6) is -3.22. The summed E-state index contributed by atoms with van der Waals surface area (Å²) in [6, 6.07) is 3.91. The van der Waals surface area contributed by atoms with Crippen LogP contribution in [0.2, 0.25) is 0 Å². The second-order valence-corrected chi connectivity index (χ2v) is 21.0. The normalized spacial score (nSPS) is 17.5. The van der Waals surface area contributed by atoms with Crippen LogP contribution in [0.1, 0.15) is 162 Å². The lowest BCUT2D eigenvalue weighted by Crippen LogP contribution is -2.58. The van der Waals surface area contributed by atoms with Gasteiger partial charge in [0, 0.05) is 37.0 Å². The number of esters is 1. The summed E-state index contributed by atoms with van der Waals surface area (Å²) < 4.78 is 17.4. The van der Waals surface area contributed by atoms with Crippen molar-refractivity contribution in [3.63, 3.8) is 0 Å². The van der Waals surface area contributed by atoms with Crippen LogP contribution < -0.4 is 20.7 Å². The van der Waals surface area contributed by atoms with Crippen LogP contribution in [0.15, 0.2) is 29.6 Å². The van der Waals surface area contributed by atoms with Crippen molar-refractivity contribution in [1.82, 2.24) is 30.7 Å². The summed E-state index contributed by atoms with van der Waals surface area (Å²) in [5, 5.41) is 20.9. The summed E-state index contributed by atoms with van der Waals surface area (Å²) in [5.41, 5.74) is 0.180. The summed E-state index contributed by atoms with van der Waals surface area (Å²) in [7, 11) is 1.97. The maximum Gasteiger partial charge on any atom is 0.408 e. The molecule has 1 aliphatic rings. The van der Waals surface area contributed by atoms with Crippen molar-refractivity contribution in [2.45, 2.75) is 183 Å². The lowest BCUT2D eigenvalue weighted by Gasteiger charge is -2.40. The van der Waals surface area contributed by atoms with Gasteiger partial charge in [-0.3, -0.25) is 24.1 Å². The molecule has 0 spiro atoms. The van der Waals surface area contributed by atoms with Gasteiger partial charge in [-0.2, -0.15) is 0 Å². The minimum atomic E-state index is -0.997. The highest BCUT2D eigenvalue weighted by Gasteiger charge is 2.38. The molecule has 1 saturated heterocycles. The fraction of sp³-hybridized carbons (Fsp3) is 0.706. The number of amides is 4. The number of aliphatic carboxylic acids is 1. The minimum Gasteiger partial charge on any atom is -0.481 e. The number of piperidine rings is 1. The number of hydrogen-bond donors (Lipinski definition) is 4. The van der Waals surface area contributed by atoms with E-state index in [2.05, 4.69) is 34.7 Å². The Morgan fingerprint density at radius 2 is 1.57 bits per heavy atom. The number of likely N-dealkylation sites (N-methyl/N-ethyl adjacent to an activating group) is 1. The second-order valence-electron chi connectivity index (χ2n) is 20.2. The van der Waals surface area contributed by atoms with Gasteiger partial charge in [0.2, 0.25) is 11.8 Å². The number of rotatable bonds is 26. The molecular weight excluding hydrogens is 889 g/mol. The van der Waals surface area contributed by atoms with Crippen LogP contribution in [0.5, 0.6) is 5.75 Å². The maximum atomic E-state index is 14.7. The van der Waals surface area contributed by atoms with Crippen LogP contribution in [0.3, 0.4) is 0 Å². The number of thiazole rings is 1. The largest absolute Gasteiger partial charge is 0.481 e. The molecule has 0 radical (unpaired) electrons. The number of aromatic nitrogens is 1. The van der Waals surface area contributed by atoms with Crippen LogP contribution in [0.25, 0.3) is 0 Å². The molecule has 1 fully saturated rings. The molecule has 0 saturated carbocycles. The monoisotopic (exact) mass is 971 g/mol. The Hall–Kier alpha value is -4.61. The summed E-state index contributed by atoms with van der Waals surface area (Å²) >= 11 is 1.30. The van der Waals surface area contributed by atoms with Crippen LogP contribution in [-0.2, 0) is 35.1 Å². The van der Waals surface area contributed by atoms with Gasteiger partial charge < -0.3 is 40.2 Å². The number of carbonyl (C=O) groups excluding carboxylic acids is 5.